The number of halogens is 2. The van der Waals surface area contributed by atoms with Crippen LogP contribution in [0.25, 0.3) is 22.3 Å². The van der Waals surface area contributed by atoms with Gasteiger partial charge >= 0.3 is 0 Å². The molecule has 0 bridgehead atoms. The molecule has 1 aliphatic heterocycles. The summed E-state index contributed by atoms with van der Waals surface area (Å²) in [7, 11) is 0. The number of amides is 1. The van der Waals surface area contributed by atoms with Gasteiger partial charge in [-0.1, -0.05) is 38.4 Å². The molecule has 1 aliphatic rings. The summed E-state index contributed by atoms with van der Waals surface area (Å²) in [6, 6.07) is 11.3. The van der Waals surface area contributed by atoms with Gasteiger partial charge in [0.1, 0.15) is 6.67 Å². The predicted octanol–water partition coefficient (Wildman–Crippen LogP) is 6.58. The molecule has 1 amide bonds. The van der Waals surface area contributed by atoms with E-state index in [4.69, 9.17) is 11.6 Å². The quantitative estimate of drug-likeness (QED) is 0.427. The van der Waals surface area contributed by atoms with E-state index >= 15 is 0 Å². The topological polar surface area (TPSA) is 46.1 Å². The minimum atomic E-state index is -0.654. The Bertz CT molecular complexity index is 1160. The molecule has 1 fully saturated rings. The van der Waals surface area contributed by atoms with E-state index in [0.717, 1.165) is 48.2 Å². The van der Waals surface area contributed by atoms with Gasteiger partial charge in [-0.15, -0.1) is 0 Å². The number of nitrogens with zero attached hydrogens (tertiary/aromatic N) is 3. The number of benzene rings is 1. The molecule has 0 spiro atoms. The third-order valence-electron chi connectivity index (χ3n) is 6.46. The summed E-state index contributed by atoms with van der Waals surface area (Å²) in [5.74, 6) is 0.696. The standard InChI is InChI=1S/C27H29ClFN3O/c1-18-7-10-32(11-8-18)26(33)20-4-5-23(24(28)13-20)22-12-21(15-30-16-22)19-6-9-31-25(14-19)27(2,3)17-29/h4-6,9,12-16,18H,7-8,10-11,17H2,1-3H3. The van der Waals surface area contributed by atoms with Crippen molar-refractivity contribution in [1.82, 2.24) is 14.9 Å². The predicted molar refractivity (Wildman–Crippen MR) is 131 cm³/mol. The van der Waals surface area contributed by atoms with Crippen LogP contribution in [0.3, 0.4) is 0 Å². The summed E-state index contributed by atoms with van der Waals surface area (Å²) in [5, 5.41) is 0.513. The van der Waals surface area contributed by atoms with E-state index in [9.17, 15) is 9.18 Å². The Morgan fingerprint density at radius 3 is 2.52 bits per heavy atom. The van der Waals surface area contributed by atoms with Crippen LogP contribution in [-0.4, -0.2) is 40.5 Å². The van der Waals surface area contributed by atoms with Crippen molar-refractivity contribution in [1.29, 1.82) is 0 Å². The van der Waals surface area contributed by atoms with Crippen LogP contribution < -0.4 is 0 Å². The molecule has 3 aromatic rings. The highest BCUT2D eigenvalue weighted by atomic mass is 35.5. The van der Waals surface area contributed by atoms with Gasteiger partial charge in [-0.25, -0.2) is 0 Å². The molecule has 0 unspecified atom stereocenters. The Kier molecular flexibility index (Phi) is 6.80. The normalized spacial score (nSPS) is 15.0. The van der Waals surface area contributed by atoms with Gasteiger partial charge < -0.3 is 4.90 Å². The third kappa shape index (κ3) is 5.09. The van der Waals surface area contributed by atoms with Gasteiger partial charge in [0.2, 0.25) is 0 Å². The molecule has 4 nitrogen and oxygen atoms in total. The number of aromatic nitrogens is 2. The molecular formula is C27H29ClFN3O. The van der Waals surface area contributed by atoms with Crippen molar-refractivity contribution in [3.63, 3.8) is 0 Å². The molecule has 1 saturated heterocycles. The molecule has 33 heavy (non-hydrogen) atoms. The van der Waals surface area contributed by atoms with Gasteiger partial charge in [-0.2, -0.15) is 0 Å². The minimum absolute atomic E-state index is 0.0296. The highest BCUT2D eigenvalue weighted by Gasteiger charge is 2.23. The first-order valence-electron chi connectivity index (χ1n) is 11.4. The van der Waals surface area contributed by atoms with Crippen molar-refractivity contribution in [3.05, 3.63) is 71.3 Å². The van der Waals surface area contributed by atoms with Crippen molar-refractivity contribution >= 4 is 17.5 Å². The lowest BCUT2D eigenvalue weighted by Gasteiger charge is -2.30. The van der Waals surface area contributed by atoms with E-state index in [1.165, 1.54) is 0 Å². The molecule has 3 heterocycles. The molecule has 0 atom stereocenters. The number of pyridine rings is 2. The lowest BCUT2D eigenvalue weighted by Crippen LogP contribution is -2.37. The fourth-order valence-electron chi connectivity index (χ4n) is 4.07. The van der Waals surface area contributed by atoms with Crippen molar-refractivity contribution < 1.29 is 9.18 Å². The third-order valence-corrected chi connectivity index (χ3v) is 6.77. The molecule has 0 aliphatic carbocycles. The number of hydrogen-bond acceptors (Lipinski definition) is 3. The van der Waals surface area contributed by atoms with Crippen LogP contribution in [0, 0.1) is 5.92 Å². The zero-order chi connectivity index (χ0) is 23.6. The number of likely N-dealkylation sites (tertiary alicyclic amines) is 1. The number of carbonyl (C=O) groups excluding carboxylic acids is 1. The summed E-state index contributed by atoms with van der Waals surface area (Å²) in [4.78, 5) is 23.6. The van der Waals surface area contributed by atoms with Crippen molar-refractivity contribution in [3.8, 4) is 22.3 Å². The smallest absolute Gasteiger partial charge is 0.253 e. The zero-order valence-electron chi connectivity index (χ0n) is 19.3. The second kappa shape index (κ2) is 9.60. The van der Waals surface area contributed by atoms with E-state index in [0.29, 0.717) is 22.2 Å². The fraction of sp³-hybridized carbons (Fsp3) is 0.370. The summed E-state index contributed by atoms with van der Waals surface area (Å²) in [6.07, 6.45) is 7.30. The van der Waals surface area contributed by atoms with Crippen molar-refractivity contribution in [2.45, 2.75) is 39.0 Å². The summed E-state index contributed by atoms with van der Waals surface area (Å²) < 4.78 is 13.5. The van der Waals surface area contributed by atoms with E-state index in [1.807, 2.05) is 49.1 Å². The molecule has 1 aromatic carbocycles. The Hall–Kier alpha value is -2.79. The van der Waals surface area contributed by atoms with Gasteiger partial charge in [0.05, 0.1) is 0 Å². The van der Waals surface area contributed by atoms with Gasteiger partial charge in [-0.3, -0.25) is 19.2 Å². The zero-order valence-corrected chi connectivity index (χ0v) is 20.1. The first kappa shape index (κ1) is 23.4. The molecule has 4 rings (SSSR count). The molecule has 0 saturated carbocycles. The number of alkyl halides is 1. The van der Waals surface area contributed by atoms with Crippen LogP contribution in [0.5, 0.6) is 0 Å². The first-order valence-corrected chi connectivity index (χ1v) is 11.7. The highest BCUT2D eigenvalue weighted by Crippen LogP contribution is 2.33. The second-order valence-electron chi connectivity index (χ2n) is 9.58. The van der Waals surface area contributed by atoms with Crippen molar-refractivity contribution in [2.24, 2.45) is 5.92 Å². The van der Waals surface area contributed by atoms with Crippen LogP contribution >= 0.6 is 11.6 Å². The molecular weight excluding hydrogens is 437 g/mol. The van der Waals surface area contributed by atoms with Gasteiger partial charge in [0.25, 0.3) is 5.91 Å². The van der Waals surface area contributed by atoms with Crippen LogP contribution in [0.1, 0.15) is 49.7 Å². The van der Waals surface area contributed by atoms with Gasteiger partial charge in [-0.05, 0) is 54.7 Å². The monoisotopic (exact) mass is 465 g/mol. The highest BCUT2D eigenvalue weighted by molar-refractivity contribution is 6.33. The Morgan fingerprint density at radius 2 is 1.82 bits per heavy atom. The number of piperidine rings is 1. The molecule has 0 N–H and O–H groups in total. The number of hydrogen-bond donors (Lipinski definition) is 0. The van der Waals surface area contributed by atoms with Gasteiger partial charge in [0.15, 0.2) is 0 Å². The number of carbonyl (C=O) groups is 1. The van der Waals surface area contributed by atoms with E-state index in [2.05, 4.69) is 16.9 Å². The fourth-order valence-corrected chi connectivity index (χ4v) is 4.36. The maximum Gasteiger partial charge on any atom is 0.253 e. The number of rotatable bonds is 5. The average molecular weight is 466 g/mol. The lowest BCUT2D eigenvalue weighted by atomic mass is 9.89. The second-order valence-corrected chi connectivity index (χ2v) is 9.99. The maximum absolute atomic E-state index is 13.5. The average Bonchev–Trinajstić information content (AvgIpc) is 2.84. The largest absolute Gasteiger partial charge is 0.339 e. The van der Waals surface area contributed by atoms with Crippen LogP contribution in [0.4, 0.5) is 4.39 Å². The Morgan fingerprint density at radius 1 is 1.09 bits per heavy atom. The summed E-state index contributed by atoms with van der Waals surface area (Å²) in [6.45, 7) is 6.99. The Labute approximate surface area is 199 Å². The van der Waals surface area contributed by atoms with Gasteiger partial charge in [0, 0.05) is 70.1 Å². The molecule has 0 radical (unpaired) electrons. The summed E-state index contributed by atoms with van der Waals surface area (Å²) >= 11 is 6.62. The van der Waals surface area contributed by atoms with Crippen LogP contribution in [0.2, 0.25) is 5.02 Å². The Balaban J connectivity index is 1.60. The van der Waals surface area contributed by atoms with Crippen LogP contribution in [0.15, 0.2) is 55.0 Å². The van der Waals surface area contributed by atoms with Crippen molar-refractivity contribution in [2.75, 3.05) is 19.8 Å². The first-order chi connectivity index (χ1) is 15.8. The van der Waals surface area contributed by atoms with E-state index in [-0.39, 0.29) is 5.91 Å². The molecule has 172 valence electrons. The van der Waals surface area contributed by atoms with E-state index in [1.54, 1.807) is 24.7 Å². The minimum Gasteiger partial charge on any atom is -0.339 e. The maximum atomic E-state index is 13.5. The summed E-state index contributed by atoms with van der Waals surface area (Å²) in [5.41, 5.74) is 4.12. The van der Waals surface area contributed by atoms with E-state index < -0.39 is 12.1 Å². The SMILES string of the molecule is CC1CCN(C(=O)c2ccc(-c3cncc(-c4ccnc(C(C)(C)CF)c4)c3)c(Cl)c2)CC1. The molecule has 6 heteroatoms. The lowest BCUT2D eigenvalue weighted by molar-refractivity contribution is 0.0697. The molecule has 2 aromatic heterocycles. The van der Waals surface area contributed by atoms with Crippen LogP contribution in [-0.2, 0) is 5.41 Å².